The van der Waals surface area contributed by atoms with Crippen LogP contribution in [0.15, 0.2) is 36.4 Å². The number of aliphatic hydroxyl groups is 1. The van der Waals surface area contributed by atoms with Crippen LogP contribution < -0.4 is 9.64 Å². The summed E-state index contributed by atoms with van der Waals surface area (Å²) in [5, 5.41) is 10.5. The third-order valence-corrected chi connectivity index (χ3v) is 9.94. The third-order valence-electron chi connectivity index (χ3n) is 9.71. The van der Waals surface area contributed by atoms with Crippen molar-refractivity contribution in [1.82, 2.24) is 0 Å². The summed E-state index contributed by atoms with van der Waals surface area (Å²) in [4.78, 5) is 15.0. The van der Waals surface area contributed by atoms with Gasteiger partial charge in [0.05, 0.1) is 49.9 Å². The number of benzene rings is 2. The summed E-state index contributed by atoms with van der Waals surface area (Å²) in [5.41, 5.74) is 3.97. The quantitative estimate of drug-likeness (QED) is 0.427. The molecular weight excluding hydrogens is 542 g/mol. The number of carbonyl (C=O) groups is 1. The van der Waals surface area contributed by atoms with Crippen molar-refractivity contribution in [2.75, 3.05) is 44.9 Å². The molecule has 222 valence electrons. The number of hydrogen-bond acceptors (Lipinski definition) is 7. The van der Waals surface area contributed by atoms with Crippen molar-refractivity contribution in [3.05, 3.63) is 58.1 Å². The van der Waals surface area contributed by atoms with Crippen LogP contribution in [0.2, 0.25) is 5.02 Å². The van der Waals surface area contributed by atoms with Crippen molar-refractivity contribution in [2.45, 2.75) is 75.6 Å². The van der Waals surface area contributed by atoms with Gasteiger partial charge < -0.3 is 29.0 Å². The van der Waals surface area contributed by atoms with E-state index in [1.807, 2.05) is 18.2 Å². The highest BCUT2D eigenvalue weighted by atomic mass is 35.5. The maximum atomic E-state index is 12.5. The van der Waals surface area contributed by atoms with Crippen molar-refractivity contribution in [3.8, 4) is 5.75 Å². The lowest BCUT2D eigenvalue weighted by Crippen LogP contribution is -2.51. The van der Waals surface area contributed by atoms with E-state index in [0.717, 1.165) is 74.5 Å². The summed E-state index contributed by atoms with van der Waals surface area (Å²) >= 11 is 6.41. The van der Waals surface area contributed by atoms with Gasteiger partial charge in [-0.1, -0.05) is 17.7 Å². The van der Waals surface area contributed by atoms with Gasteiger partial charge >= 0.3 is 5.97 Å². The molecular formula is C33H42ClNO6. The maximum absolute atomic E-state index is 12.5. The van der Waals surface area contributed by atoms with Gasteiger partial charge in [-0.05, 0) is 98.7 Å². The van der Waals surface area contributed by atoms with Gasteiger partial charge in [-0.25, -0.2) is 4.79 Å². The van der Waals surface area contributed by atoms with E-state index in [1.165, 1.54) is 18.2 Å². The summed E-state index contributed by atoms with van der Waals surface area (Å²) in [6, 6.07) is 12.0. The molecule has 2 aromatic carbocycles. The van der Waals surface area contributed by atoms with Gasteiger partial charge in [-0.2, -0.15) is 0 Å². The molecule has 2 fully saturated rings. The zero-order valence-electron chi connectivity index (χ0n) is 24.1. The highest BCUT2D eigenvalue weighted by molar-refractivity contribution is 6.30. The lowest BCUT2D eigenvalue weighted by atomic mass is 9.67. The average Bonchev–Trinajstić information content (AvgIpc) is 3.11. The molecule has 0 radical (unpaired) electrons. The van der Waals surface area contributed by atoms with E-state index >= 15 is 0 Å². The number of aliphatic hydroxyl groups excluding tert-OH is 1. The summed E-state index contributed by atoms with van der Waals surface area (Å²) in [7, 11) is 1.42. The zero-order valence-corrected chi connectivity index (χ0v) is 24.9. The number of rotatable bonds is 7. The number of hydrogen-bond donors (Lipinski definition) is 1. The monoisotopic (exact) mass is 583 g/mol. The highest BCUT2D eigenvalue weighted by Crippen LogP contribution is 2.47. The molecule has 0 aromatic heterocycles. The molecule has 0 bridgehead atoms. The second kappa shape index (κ2) is 12.1. The predicted octanol–water partition coefficient (Wildman–Crippen LogP) is 5.57. The summed E-state index contributed by atoms with van der Waals surface area (Å²) in [6.07, 6.45) is 7.03. The number of anilines is 1. The number of halogens is 1. The molecule has 1 N–H and O–H groups in total. The Kier molecular flexibility index (Phi) is 8.51. The van der Waals surface area contributed by atoms with Crippen LogP contribution in [0.5, 0.6) is 5.75 Å². The first-order chi connectivity index (χ1) is 19.8. The number of methoxy groups -OCH3 is 1. The predicted molar refractivity (Wildman–Crippen MR) is 158 cm³/mol. The highest BCUT2D eigenvalue weighted by Gasteiger charge is 2.45. The van der Waals surface area contributed by atoms with E-state index in [4.69, 9.17) is 30.5 Å². The Hall–Kier alpha value is -2.32. The number of aryl methyl sites for hydroxylation is 1. The topological polar surface area (TPSA) is 77.5 Å². The Labute approximate surface area is 248 Å². The summed E-state index contributed by atoms with van der Waals surface area (Å²) in [5.74, 6) is 1.39. The Morgan fingerprint density at radius 3 is 2.88 bits per heavy atom. The number of esters is 1. The SMILES string of the molecule is COC(=O)c1ccc2c(c1)N(C[C@@H]1CC[C@H]1[C@H]1C[C@H](OC[C@@H](C)O)CCO1)C[C@@]1(CCCc3cc(Cl)ccc31)CO2. The lowest BCUT2D eigenvalue weighted by molar-refractivity contribution is -0.124. The fraction of sp³-hybridized carbons (Fsp3) is 0.606. The first kappa shape index (κ1) is 28.8. The van der Waals surface area contributed by atoms with Crippen molar-refractivity contribution in [1.29, 1.82) is 0 Å². The molecule has 2 aliphatic heterocycles. The van der Waals surface area contributed by atoms with Crippen molar-refractivity contribution in [3.63, 3.8) is 0 Å². The van der Waals surface area contributed by atoms with Crippen LogP contribution >= 0.6 is 11.6 Å². The molecule has 2 aromatic rings. The largest absolute Gasteiger partial charge is 0.490 e. The average molecular weight is 584 g/mol. The van der Waals surface area contributed by atoms with E-state index < -0.39 is 6.10 Å². The second-order valence-corrected chi connectivity index (χ2v) is 13.0. The van der Waals surface area contributed by atoms with Crippen LogP contribution in [0.3, 0.4) is 0 Å². The van der Waals surface area contributed by atoms with Gasteiger partial charge in [0.15, 0.2) is 0 Å². The summed E-state index contributed by atoms with van der Waals surface area (Å²) in [6.45, 7) is 5.10. The molecule has 1 saturated carbocycles. The van der Waals surface area contributed by atoms with E-state index in [1.54, 1.807) is 13.0 Å². The van der Waals surface area contributed by atoms with Crippen LogP contribution in [0, 0.1) is 11.8 Å². The molecule has 0 amide bonds. The van der Waals surface area contributed by atoms with E-state index in [9.17, 15) is 9.90 Å². The standard InChI is InChI=1S/C33H42ClNO6/c1-21(36)18-40-26-11-13-39-31(16-26)27-8-5-24(27)17-35-19-33(12-3-4-22-14-25(34)7-9-28(22)33)20-41-30-10-6-23(15-29(30)35)32(37)38-2/h6-7,9-10,14-15,21,24,26-27,31,36H,3-5,8,11-13,16-20H2,1-2H3/t21-,24+,26-,27-,31-,33+/m1/s1. The molecule has 4 aliphatic rings. The fourth-order valence-corrected chi connectivity index (χ4v) is 7.67. The summed E-state index contributed by atoms with van der Waals surface area (Å²) < 4.78 is 23.9. The molecule has 2 heterocycles. The van der Waals surface area contributed by atoms with Crippen molar-refractivity contribution in [2.24, 2.45) is 11.8 Å². The molecule has 1 saturated heterocycles. The number of nitrogens with zero attached hydrogens (tertiary/aromatic N) is 1. The molecule has 1 spiro atoms. The van der Waals surface area contributed by atoms with Crippen LogP contribution in [-0.4, -0.2) is 69.4 Å². The second-order valence-electron chi connectivity index (χ2n) is 12.5. The minimum atomic E-state index is -0.457. The van der Waals surface area contributed by atoms with Crippen LogP contribution in [-0.2, 0) is 26.0 Å². The minimum absolute atomic E-state index is 0.133. The Morgan fingerprint density at radius 2 is 2.10 bits per heavy atom. The zero-order chi connectivity index (χ0) is 28.6. The Bertz CT molecular complexity index is 1250. The molecule has 41 heavy (non-hydrogen) atoms. The van der Waals surface area contributed by atoms with Gasteiger partial charge in [0.2, 0.25) is 0 Å². The first-order valence-electron chi connectivity index (χ1n) is 15.2. The number of ether oxygens (including phenoxy) is 4. The molecule has 8 heteroatoms. The first-order valence-corrected chi connectivity index (χ1v) is 15.5. The van der Waals surface area contributed by atoms with Gasteiger partial charge in [0.25, 0.3) is 0 Å². The van der Waals surface area contributed by atoms with Crippen molar-refractivity contribution >= 4 is 23.3 Å². The Morgan fingerprint density at radius 1 is 1.22 bits per heavy atom. The van der Waals surface area contributed by atoms with E-state index in [2.05, 4.69) is 17.0 Å². The fourth-order valence-electron chi connectivity index (χ4n) is 7.47. The van der Waals surface area contributed by atoms with Crippen LogP contribution in [0.25, 0.3) is 0 Å². The van der Waals surface area contributed by atoms with Crippen LogP contribution in [0.4, 0.5) is 5.69 Å². The number of carbonyl (C=O) groups excluding carboxylic acids is 1. The van der Waals surface area contributed by atoms with Crippen LogP contribution in [0.1, 0.15) is 66.9 Å². The Balaban J connectivity index is 1.28. The van der Waals surface area contributed by atoms with Gasteiger partial charge in [0.1, 0.15) is 5.75 Å². The number of fused-ring (bicyclic) bond motifs is 3. The normalized spacial score (nSPS) is 29.9. The molecule has 0 unspecified atom stereocenters. The van der Waals surface area contributed by atoms with Gasteiger partial charge in [0, 0.05) is 36.6 Å². The van der Waals surface area contributed by atoms with Gasteiger partial charge in [-0.3, -0.25) is 0 Å². The van der Waals surface area contributed by atoms with E-state index in [-0.39, 0.29) is 23.6 Å². The molecule has 6 atom stereocenters. The lowest BCUT2D eigenvalue weighted by Gasteiger charge is -2.47. The maximum Gasteiger partial charge on any atom is 0.337 e. The minimum Gasteiger partial charge on any atom is -0.490 e. The van der Waals surface area contributed by atoms with E-state index in [0.29, 0.717) is 37.2 Å². The third kappa shape index (κ3) is 5.96. The van der Waals surface area contributed by atoms with Crippen molar-refractivity contribution < 1.29 is 28.8 Å². The molecule has 2 aliphatic carbocycles. The smallest absolute Gasteiger partial charge is 0.337 e. The molecule has 6 rings (SSSR count). The molecule has 7 nitrogen and oxygen atoms in total. The van der Waals surface area contributed by atoms with Gasteiger partial charge in [-0.15, -0.1) is 0 Å².